The summed E-state index contributed by atoms with van der Waals surface area (Å²) in [6.45, 7) is 4.59. The van der Waals surface area contributed by atoms with Gasteiger partial charge in [-0.2, -0.15) is 0 Å². The summed E-state index contributed by atoms with van der Waals surface area (Å²) >= 11 is 0. The van der Waals surface area contributed by atoms with Crippen molar-refractivity contribution in [3.05, 3.63) is 109 Å². The molecule has 0 aromatic carbocycles. The zero-order chi connectivity index (χ0) is 42.3. The Balaban J connectivity index is 4.11. The quantitative estimate of drug-likeness (QED) is 0.0271. The van der Waals surface area contributed by atoms with Crippen LogP contribution in [-0.2, 0) is 27.9 Å². The highest BCUT2D eigenvalue weighted by Gasteiger charge is 2.25. The normalized spacial score (nSPS) is 14.5. The van der Waals surface area contributed by atoms with Gasteiger partial charge in [-0.25, -0.2) is 4.57 Å². The van der Waals surface area contributed by atoms with E-state index in [1.807, 2.05) is 0 Å². The van der Waals surface area contributed by atoms with Crippen LogP contribution < -0.4 is 5.73 Å². The number of nitrogens with two attached hydrogens (primary N) is 1. The molecule has 0 radical (unpaired) electrons. The van der Waals surface area contributed by atoms with Gasteiger partial charge in [-0.05, 0) is 96.3 Å². The molecule has 0 spiro atoms. The second-order valence-corrected chi connectivity index (χ2v) is 15.6. The summed E-state index contributed by atoms with van der Waals surface area (Å²) in [6.07, 6.45) is 61.1. The molecule has 2 unspecified atom stereocenters. The van der Waals surface area contributed by atoms with Crippen LogP contribution in [0.2, 0.25) is 0 Å². The lowest BCUT2D eigenvalue weighted by molar-refractivity contribution is -0.154. The van der Waals surface area contributed by atoms with Crippen molar-refractivity contribution in [3.8, 4) is 0 Å². The van der Waals surface area contributed by atoms with Gasteiger partial charge in [0.05, 0.1) is 19.8 Å². The molecular weight excluding hydrogens is 746 g/mol. The van der Waals surface area contributed by atoms with E-state index < -0.39 is 13.9 Å². The highest BCUT2D eigenvalue weighted by atomic mass is 31.2. The number of esters is 1. The summed E-state index contributed by atoms with van der Waals surface area (Å²) in [4.78, 5) is 22.5. The number of carbonyl (C=O) groups is 1. The molecule has 9 heteroatoms. The van der Waals surface area contributed by atoms with Crippen LogP contribution in [0.4, 0.5) is 0 Å². The molecule has 330 valence electrons. The molecule has 0 fully saturated rings. The van der Waals surface area contributed by atoms with Crippen molar-refractivity contribution in [3.63, 3.8) is 0 Å². The standard InChI is InChI=1S/C49H82NO7P/c1-3-5-7-9-11-13-15-17-19-20-21-22-23-24-25-26-27-29-31-33-35-37-39-41-44-54-46-48(47-56-58(52,53)55-45-43-50)57-49(51)42-40-38-36-34-32-30-28-18-16-14-12-10-8-6-4-2/h5-8,11-14,17-19,21-22,24-25,27-29,48H,3-4,9-10,15-16,20,23,26,30-47,50H2,1-2H3,(H,52,53)/b7-5-,8-6-,13-11-,14-12-,19-17-,22-21-,25-24-,28-18-,29-27-. The topological polar surface area (TPSA) is 117 Å². The molecule has 8 nitrogen and oxygen atoms in total. The Labute approximate surface area is 354 Å². The first kappa shape index (κ1) is 55.2. The third kappa shape index (κ3) is 44.3. The van der Waals surface area contributed by atoms with E-state index in [0.29, 0.717) is 6.61 Å². The zero-order valence-corrected chi connectivity index (χ0v) is 37.4. The Morgan fingerprint density at radius 1 is 0.517 bits per heavy atom. The van der Waals surface area contributed by atoms with E-state index in [-0.39, 0.29) is 38.8 Å². The second-order valence-electron chi connectivity index (χ2n) is 14.1. The number of phosphoric acid groups is 1. The number of allylic oxidation sites excluding steroid dienone is 18. The molecule has 0 aliphatic heterocycles. The lowest BCUT2D eigenvalue weighted by Crippen LogP contribution is -2.28. The fourth-order valence-corrected chi connectivity index (χ4v) is 6.25. The van der Waals surface area contributed by atoms with Crippen LogP contribution in [0.3, 0.4) is 0 Å². The molecule has 0 saturated carbocycles. The maximum Gasteiger partial charge on any atom is 0.472 e. The van der Waals surface area contributed by atoms with Crippen molar-refractivity contribution in [1.82, 2.24) is 0 Å². The minimum Gasteiger partial charge on any atom is -0.457 e. The van der Waals surface area contributed by atoms with Crippen LogP contribution in [0.5, 0.6) is 0 Å². The number of rotatable bonds is 41. The van der Waals surface area contributed by atoms with E-state index in [1.54, 1.807) is 0 Å². The fourth-order valence-electron chi connectivity index (χ4n) is 5.48. The maximum absolute atomic E-state index is 12.6. The molecule has 0 bridgehead atoms. The minimum atomic E-state index is -4.30. The summed E-state index contributed by atoms with van der Waals surface area (Å²) in [6, 6.07) is 0. The molecule has 58 heavy (non-hydrogen) atoms. The zero-order valence-electron chi connectivity index (χ0n) is 36.5. The SMILES string of the molecule is CC/C=C\C/C=C\C/C=C\C/C=C\C/C=C\C/C=C\CCCCCCCOCC(COP(=O)(O)OCCN)OC(=O)CCCCCCC/C=C\C/C=C\C/C=C\CC. The van der Waals surface area contributed by atoms with Crippen molar-refractivity contribution in [2.24, 2.45) is 5.73 Å². The number of phosphoric ester groups is 1. The van der Waals surface area contributed by atoms with Gasteiger partial charge in [0.1, 0.15) is 6.10 Å². The highest BCUT2D eigenvalue weighted by Crippen LogP contribution is 2.43. The Bertz CT molecular complexity index is 1250. The molecule has 0 rings (SSSR count). The second kappa shape index (κ2) is 45.2. The molecule has 0 heterocycles. The van der Waals surface area contributed by atoms with E-state index >= 15 is 0 Å². The Morgan fingerprint density at radius 2 is 0.914 bits per heavy atom. The lowest BCUT2D eigenvalue weighted by atomic mass is 10.1. The average molecular weight is 828 g/mol. The largest absolute Gasteiger partial charge is 0.472 e. The van der Waals surface area contributed by atoms with Crippen LogP contribution >= 0.6 is 7.82 Å². The number of hydrogen-bond acceptors (Lipinski definition) is 7. The predicted molar refractivity (Wildman–Crippen MR) is 247 cm³/mol. The van der Waals surface area contributed by atoms with Gasteiger partial charge in [-0.1, -0.05) is 162 Å². The van der Waals surface area contributed by atoms with E-state index in [0.717, 1.165) is 122 Å². The summed E-state index contributed by atoms with van der Waals surface area (Å²) in [7, 11) is -4.30. The van der Waals surface area contributed by atoms with Crippen molar-refractivity contribution in [2.45, 2.75) is 161 Å². The van der Waals surface area contributed by atoms with Crippen LogP contribution in [-0.4, -0.2) is 49.9 Å². The van der Waals surface area contributed by atoms with Gasteiger partial charge in [0, 0.05) is 19.6 Å². The Hall–Kier alpha value is -2.84. The van der Waals surface area contributed by atoms with Gasteiger partial charge in [-0.3, -0.25) is 13.8 Å². The lowest BCUT2D eigenvalue weighted by Gasteiger charge is -2.20. The number of unbranched alkanes of at least 4 members (excludes halogenated alkanes) is 10. The average Bonchev–Trinajstić information content (AvgIpc) is 3.21. The Morgan fingerprint density at radius 3 is 1.36 bits per heavy atom. The van der Waals surface area contributed by atoms with Gasteiger partial charge >= 0.3 is 13.8 Å². The summed E-state index contributed by atoms with van der Waals surface area (Å²) in [5, 5.41) is 0. The molecule has 0 aromatic heterocycles. The first-order chi connectivity index (χ1) is 28.4. The molecule has 0 saturated heterocycles. The van der Waals surface area contributed by atoms with Crippen LogP contribution in [0.25, 0.3) is 0 Å². The highest BCUT2D eigenvalue weighted by molar-refractivity contribution is 7.47. The van der Waals surface area contributed by atoms with Crippen molar-refractivity contribution in [2.75, 3.05) is 33.0 Å². The minimum absolute atomic E-state index is 0.0870. The predicted octanol–water partition coefficient (Wildman–Crippen LogP) is 13.6. The van der Waals surface area contributed by atoms with E-state index in [2.05, 4.69) is 123 Å². The number of hydrogen-bond donors (Lipinski definition) is 2. The molecule has 0 aliphatic rings. The van der Waals surface area contributed by atoms with E-state index in [4.69, 9.17) is 24.3 Å². The molecule has 0 aliphatic carbocycles. The smallest absolute Gasteiger partial charge is 0.457 e. The summed E-state index contributed by atoms with van der Waals surface area (Å²) in [5.41, 5.74) is 5.37. The van der Waals surface area contributed by atoms with Crippen LogP contribution in [0.15, 0.2) is 109 Å². The van der Waals surface area contributed by atoms with Crippen molar-refractivity contribution >= 4 is 13.8 Å². The summed E-state index contributed by atoms with van der Waals surface area (Å²) in [5.74, 6) is -0.360. The van der Waals surface area contributed by atoms with Gasteiger partial charge in [0.25, 0.3) is 0 Å². The third-order valence-electron chi connectivity index (χ3n) is 8.69. The number of carbonyl (C=O) groups excluding carboxylic acids is 1. The third-order valence-corrected chi connectivity index (χ3v) is 9.67. The number of ether oxygens (including phenoxy) is 2. The van der Waals surface area contributed by atoms with Crippen LogP contribution in [0.1, 0.15) is 155 Å². The van der Waals surface area contributed by atoms with E-state index in [9.17, 15) is 14.3 Å². The molecule has 0 amide bonds. The van der Waals surface area contributed by atoms with Gasteiger partial charge in [0.2, 0.25) is 0 Å². The monoisotopic (exact) mass is 828 g/mol. The first-order valence-electron chi connectivity index (χ1n) is 22.4. The Kier molecular flexibility index (Phi) is 43.0. The summed E-state index contributed by atoms with van der Waals surface area (Å²) < 4.78 is 33.4. The maximum atomic E-state index is 12.6. The first-order valence-corrected chi connectivity index (χ1v) is 23.9. The van der Waals surface area contributed by atoms with Crippen molar-refractivity contribution < 1.29 is 32.8 Å². The molecule has 3 N–H and O–H groups in total. The van der Waals surface area contributed by atoms with Gasteiger partial charge in [-0.15, -0.1) is 0 Å². The fraction of sp³-hybridized carbons (Fsp3) is 0.612. The van der Waals surface area contributed by atoms with E-state index in [1.165, 1.54) is 12.8 Å². The molecule has 2 atom stereocenters. The van der Waals surface area contributed by atoms with Crippen LogP contribution in [0, 0.1) is 0 Å². The molecular formula is C49H82NO7P. The molecule has 0 aromatic rings. The van der Waals surface area contributed by atoms with Gasteiger partial charge in [0.15, 0.2) is 0 Å². The van der Waals surface area contributed by atoms with Crippen molar-refractivity contribution in [1.29, 1.82) is 0 Å². The van der Waals surface area contributed by atoms with Gasteiger partial charge < -0.3 is 20.1 Å².